The molecule has 0 aromatic heterocycles. The number of hydrogen-bond donors (Lipinski definition) is 2. The Balaban J connectivity index is 1.95. The number of amides is 2. The lowest BCUT2D eigenvalue weighted by Gasteiger charge is -2.18. The standard InChI is InChI=1S/C23H28N2O5/c1-3-14-24-23(28)25-19-12-10-17(11-13-19)15-22(27)30-20(16-21(26)29-4-2)18-8-6-5-7-9-18/h5-13,20H,3-4,14-16H2,1-2H3,(H2,24,25,28)/t20-/m0/s1. The molecule has 0 heterocycles. The third-order valence-electron chi connectivity index (χ3n) is 4.20. The fourth-order valence-electron chi connectivity index (χ4n) is 2.75. The number of urea groups is 1. The van der Waals surface area contributed by atoms with Crippen molar-refractivity contribution in [2.24, 2.45) is 0 Å². The summed E-state index contributed by atoms with van der Waals surface area (Å²) in [5.74, 6) is -0.870. The van der Waals surface area contributed by atoms with E-state index in [0.717, 1.165) is 17.5 Å². The molecule has 0 fully saturated rings. The quantitative estimate of drug-likeness (QED) is 0.576. The maximum Gasteiger partial charge on any atom is 0.319 e. The first-order chi connectivity index (χ1) is 14.5. The van der Waals surface area contributed by atoms with Gasteiger partial charge in [-0.1, -0.05) is 49.4 Å². The van der Waals surface area contributed by atoms with Crippen molar-refractivity contribution in [1.29, 1.82) is 0 Å². The van der Waals surface area contributed by atoms with Crippen LogP contribution in [0.1, 0.15) is 43.9 Å². The average molecular weight is 412 g/mol. The van der Waals surface area contributed by atoms with Crippen LogP contribution in [0.3, 0.4) is 0 Å². The molecule has 0 aliphatic rings. The first kappa shape index (κ1) is 22.9. The van der Waals surface area contributed by atoms with Crippen LogP contribution in [0, 0.1) is 0 Å². The normalized spacial score (nSPS) is 11.3. The van der Waals surface area contributed by atoms with Gasteiger partial charge in [0.2, 0.25) is 0 Å². The molecular formula is C23H28N2O5. The molecular weight excluding hydrogens is 384 g/mol. The number of hydrogen-bond acceptors (Lipinski definition) is 5. The zero-order valence-electron chi connectivity index (χ0n) is 17.4. The number of carbonyl (C=O) groups is 3. The second kappa shape index (κ2) is 12.3. The molecule has 0 bridgehead atoms. The van der Waals surface area contributed by atoms with Crippen LogP contribution in [0.2, 0.25) is 0 Å². The van der Waals surface area contributed by atoms with Gasteiger partial charge in [-0.05, 0) is 36.6 Å². The third kappa shape index (κ3) is 7.95. The molecule has 160 valence electrons. The van der Waals surface area contributed by atoms with E-state index >= 15 is 0 Å². The van der Waals surface area contributed by atoms with Crippen molar-refractivity contribution in [2.45, 2.75) is 39.2 Å². The van der Waals surface area contributed by atoms with Crippen molar-refractivity contribution < 1.29 is 23.9 Å². The van der Waals surface area contributed by atoms with E-state index in [0.29, 0.717) is 12.2 Å². The molecule has 0 saturated carbocycles. The van der Waals surface area contributed by atoms with Gasteiger partial charge in [-0.3, -0.25) is 9.59 Å². The van der Waals surface area contributed by atoms with Crippen molar-refractivity contribution in [1.82, 2.24) is 5.32 Å². The smallest absolute Gasteiger partial charge is 0.319 e. The van der Waals surface area contributed by atoms with Crippen LogP contribution in [-0.2, 0) is 25.5 Å². The van der Waals surface area contributed by atoms with Gasteiger partial charge in [0.25, 0.3) is 0 Å². The number of nitrogens with one attached hydrogen (secondary N) is 2. The van der Waals surface area contributed by atoms with Gasteiger partial charge in [0.15, 0.2) is 0 Å². The maximum absolute atomic E-state index is 12.5. The fourth-order valence-corrected chi connectivity index (χ4v) is 2.75. The molecule has 0 radical (unpaired) electrons. The average Bonchev–Trinajstić information content (AvgIpc) is 2.74. The van der Waals surface area contributed by atoms with Crippen LogP contribution < -0.4 is 10.6 Å². The Morgan fingerprint density at radius 3 is 2.27 bits per heavy atom. The Bertz CT molecular complexity index is 821. The van der Waals surface area contributed by atoms with Crippen molar-refractivity contribution in [3.63, 3.8) is 0 Å². The van der Waals surface area contributed by atoms with E-state index in [9.17, 15) is 14.4 Å². The fraction of sp³-hybridized carbons (Fsp3) is 0.348. The Hall–Kier alpha value is -3.35. The van der Waals surface area contributed by atoms with Crippen molar-refractivity contribution in [3.05, 3.63) is 65.7 Å². The molecule has 2 aromatic rings. The Labute approximate surface area is 176 Å². The van der Waals surface area contributed by atoms with Gasteiger partial charge in [-0.2, -0.15) is 0 Å². The second-order valence-electron chi connectivity index (χ2n) is 6.65. The molecule has 0 aliphatic carbocycles. The Morgan fingerprint density at radius 2 is 1.63 bits per heavy atom. The Morgan fingerprint density at radius 1 is 0.933 bits per heavy atom. The summed E-state index contributed by atoms with van der Waals surface area (Å²) in [6.07, 6.45) is 0.156. The summed E-state index contributed by atoms with van der Waals surface area (Å²) in [7, 11) is 0. The van der Waals surface area contributed by atoms with E-state index in [4.69, 9.17) is 9.47 Å². The van der Waals surface area contributed by atoms with Gasteiger partial charge >= 0.3 is 18.0 Å². The lowest BCUT2D eigenvalue weighted by atomic mass is 10.1. The molecule has 2 aromatic carbocycles. The number of anilines is 1. The van der Waals surface area contributed by atoms with E-state index in [1.165, 1.54) is 0 Å². The highest BCUT2D eigenvalue weighted by atomic mass is 16.6. The zero-order valence-corrected chi connectivity index (χ0v) is 17.4. The van der Waals surface area contributed by atoms with Gasteiger partial charge in [0, 0.05) is 12.2 Å². The predicted molar refractivity (Wildman–Crippen MR) is 114 cm³/mol. The first-order valence-corrected chi connectivity index (χ1v) is 10.1. The van der Waals surface area contributed by atoms with Gasteiger partial charge in [0.05, 0.1) is 19.4 Å². The molecule has 2 N–H and O–H groups in total. The highest BCUT2D eigenvalue weighted by Gasteiger charge is 2.21. The summed E-state index contributed by atoms with van der Waals surface area (Å²) in [6.45, 7) is 4.58. The summed E-state index contributed by atoms with van der Waals surface area (Å²) >= 11 is 0. The van der Waals surface area contributed by atoms with E-state index in [1.807, 2.05) is 25.1 Å². The van der Waals surface area contributed by atoms with Gasteiger partial charge in [0.1, 0.15) is 6.10 Å². The summed E-state index contributed by atoms with van der Waals surface area (Å²) in [6, 6.07) is 15.8. The van der Waals surface area contributed by atoms with E-state index < -0.39 is 18.0 Å². The number of benzene rings is 2. The molecule has 1 atom stereocenters. The van der Waals surface area contributed by atoms with Crippen LogP contribution in [0.25, 0.3) is 0 Å². The van der Waals surface area contributed by atoms with E-state index in [1.54, 1.807) is 43.3 Å². The molecule has 0 unspecified atom stereocenters. The molecule has 0 aliphatic heterocycles. The Kier molecular flexibility index (Phi) is 9.37. The highest BCUT2D eigenvalue weighted by Crippen LogP contribution is 2.23. The highest BCUT2D eigenvalue weighted by molar-refractivity contribution is 5.89. The molecule has 2 amide bonds. The molecule has 0 spiro atoms. The second-order valence-corrected chi connectivity index (χ2v) is 6.65. The summed E-state index contributed by atoms with van der Waals surface area (Å²) in [5.41, 5.74) is 2.10. The summed E-state index contributed by atoms with van der Waals surface area (Å²) in [5, 5.41) is 5.45. The van der Waals surface area contributed by atoms with Gasteiger partial charge < -0.3 is 20.1 Å². The number of carbonyl (C=O) groups excluding carboxylic acids is 3. The lowest BCUT2D eigenvalue weighted by Crippen LogP contribution is -2.29. The minimum atomic E-state index is -0.707. The number of ether oxygens (including phenoxy) is 2. The first-order valence-electron chi connectivity index (χ1n) is 10.1. The van der Waals surface area contributed by atoms with Crippen molar-refractivity contribution in [3.8, 4) is 0 Å². The summed E-state index contributed by atoms with van der Waals surface area (Å²) < 4.78 is 10.6. The van der Waals surface area contributed by atoms with Crippen LogP contribution in [0.5, 0.6) is 0 Å². The third-order valence-corrected chi connectivity index (χ3v) is 4.20. The molecule has 0 saturated heterocycles. The predicted octanol–water partition coefficient (Wildman–Crippen LogP) is 4.00. The summed E-state index contributed by atoms with van der Waals surface area (Å²) in [4.78, 5) is 36.1. The number of esters is 2. The minimum absolute atomic E-state index is 0.0423. The topological polar surface area (TPSA) is 93.7 Å². The van der Waals surface area contributed by atoms with Crippen LogP contribution in [0.4, 0.5) is 10.5 Å². The molecule has 7 nitrogen and oxygen atoms in total. The van der Waals surface area contributed by atoms with Crippen LogP contribution >= 0.6 is 0 Å². The van der Waals surface area contributed by atoms with Crippen molar-refractivity contribution >= 4 is 23.7 Å². The minimum Gasteiger partial charge on any atom is -0.466 e. The molecule has 2 rings (SSSR count). The largest absolute Gasteiger partial charge is 0.466 e. The number of rotatable bonds is 10. The monoisotopic (exact) mass is 412 g/mol. The van der Waals surface area contributed by atoms with E-state index in [-0.39, 0.29) is 25.5 Å². The maximum atomic E-state index is 12.5. The molecule has 7 heteroatoms. The van der Waals surface area contributed by atoms with Gasteiger partial charge in [-0.15, -0.1) is 0 Å². The lowest BCUT2D eigenvalue weighted by molar-refractivity contribution is -0.154. The van der Waals surface area contributed by atoms with Crippen LogP contribution in [0.15, 0.2) is 54.6 Å². The van der Waals surface area contributed by atoms with Gasteiger partial charge in [-0.25, -0.2) is 4.79 Å². The zero-order chi connectivity index (χ0) is 21.8. The molecule has 30 heavy (non-hydrogen) atoms. The van der Waals surface area contributed by atoms with Crippen LogP contribution in [-0.4, -0.2) is 31.1 Å². The van der Waals surface area contributed by atoms with Crippen molar-refractivity contribution in [2.75, 3.05) is 18.5 Å². The SMILES string of the molecule is CCCNC(=O)Nc1ccc(CC(=O)O[C@@H](CC(=O)OCC)c2ccccc2)cc1. The van der Waals surface area contributed by atoms with E-state index in [2.05, 4.69) is 10.6 Å².